The molecule has 45 heavy (non-hydrogen) atoms. The van der Waals surface area contributed by atoms with Crippen LogP contribution in [0.25, 0.3) is 0 Å². The topological polar surface area (TPSA) is 125 Å². The van der Waals surface area contributed by atoms with Crippen LogP contribution >= 0.6 is 0 Å². The molecule has 0 aliphatic carbocycles. The largest absolute Gasteiger partial charge is 0.445 e. The monoisotopic (exact) mass is 637 g/mol. The Morgan fingerprint density at radius 3 is 1.96 bits per heavy atom. The summed E-state index contributed by atoms with van der Waals surface area (Å²) in [5, 5.41) is 17.2. The van der Waals surface area contributed by atoms with Crippen LogP contribution < -0.4 is 10.6 Å². The summed E-state index contributed by atoms with van der Waals surface area (Å²) in [4.78, 5) is 26.6. The average molecular weight is 638 g/mol. The van der Waals surface area contributed by atoms with Crippen molar-refractivity contribution in [2.75, 3.05) is 13.1 Å². The van der Waals surface area contributed by atoms with Crippen molar-refractivity contribution in [2.24, 2.45) is 11.8 Å². The van der Waals surface area contributed by atoms with E-state index in [9.17, 15) is 23.1 Å². The number of aliphatic hydroxyl groups excluding tert-OH is 1. The molecule has 4 atom stereocenters. The molecule has 0 heterocycles. The molecule has 0 saturated carbocycles. The highest BCUT2D eigenvalue weighted by molar-refractivity contribution is 7.89. The zero-order valence-corrected chi connectivity index (χ0v) is 27.5. The van der Waals surface area contributed by atoms with E-state index >= 15 is 0 Å². The lowest BCUT2D eigenvalue weighted by Gasteiger charge is -2.32. The highest BCUT2D eigenvalue weighted by atomic mass is 32.2. The van der Waals surface area contributed by atoms with Crippen molar-refractivity contribution in [1.82, 2.24) is 14.9 Å². The molecule has 3 rings (SSSR count). The SMILES string of the molecule is CC[C@H](C)[C@H](NC(=O)OCc1ccccc1)C(=O)N[C@@H](Cc1ccccc1)[C@H](O)CN(CCC(C)C)S(=O)(=O)c1ccccc1. The molecule has 0 unspecified atom stereocenters. The van der Waals surface area contributed by atoms with Crippen LogP contribution in [0.5, 0.6) is 0 Å². The van der Waals surface area contributed by atoms with Crippen LogP contribution in [0.2, 0.25) is 0 Å². The zero-order chi connectivity index (χ0) is 32.8. The molecule has 0 bridgehead atoms. The number of benzene rings is 3. The van der Waals surface area contributed by atoms with Crippen molar-refractivity contribution in [3.8, 4) is 0 Å². The van der Waals surface area contributed by atoms with E-state index in [0.29, 0.717) is 12.8 Å². The van der Waals surface area contributed by atoms with Gasteiger partial charge in [0.1, 0.15) is 12.6 Å². The second-order valence-electron chi connectivity index (χ2n) is 11.8. The summed E-state index contributed by atoms with van der Waals surface area (Å²) in [5.74, 6) is -0.495. The maximum Gasteiger partial charge on any atom is 0.408 e. The van der Waals surface area contributed by atoms with E-state index in [0.717, 1.165) is 11.1 Å². The van der Waals surface area contributed by atoms with E-state index in [1.807, 2.05) is 88.4 Å². The van der Waals surface area contributed by atoms with Crippen LogP contribution in [-0.2, 0) is 32.6 Å². The first-order valence-corrected chi connectivity index (χ1v) is 17.0. The summed E-state index contributed by atoms with van der Waals surface area (Å²) in [5.41, 5.74) is 1.67. The van der Waals surface area contributed by atoms with E-state index in [1.54, 1.807) is 18.2 Å². The molecule has 244 valence electrons. The fraction of sp³-hybridized carbons (Fsp3) is 0.429. The molecule has 0 aromatic heterocycles. The van der Waals surface area contributed by atoms with Gasteiger partial charge in [0.25, 0.3) is 0 Å². The molecule has 0 aliphatic heterocycles. The first-order chi connectivity index (χ1) is 21.5. The smallest absolute Gasteiger partial charge is 0.408 e. The van der Waals surface area contributed by atoms with Crippen LogP contribution in [0.1, 0.15) is 51.7 Å². The second-order valence-corrected chi connectivity index (χ2v) is 13.7. The predicted octanol–water partition coefficient (Wildman–Crippen LogP) is 5.15. The molecule has 3 aromatic rings. The highest BCUT2D eigenvalue weighted by Gasteiger charge is 2.33. The van der Waals surface area contributed by atoms with Gasteiger partial charge in [0, 0.05) is 13.1 Å². The Hall–Kier alpha value is -3.73. The fourth-order valence-corrected chi connectivity index (χ4v) is 6.30. The molecule has 0 radical (unpaired) electrons. The maximum absolute atomic E-state index is 13.8. The van der Waals surface area contributed by atoms with Crippen molar-refractivity contribution >= 4 is 22.0 Å². The Morgan fingerprint density at radius 2 is 1.40 bits per heavy atom. The molecular weight excluding hydrogens is 590 g/mol. The third kappa shape index (κ3) is 11.3. The van der Waals surface area contributed by atoms with Gasteiger partial charge >= 0.3 is 6.09 Å². The molecule has 0 spiro atoms. The van der Waals surface area contributed by atoms with Crippen LogP contribution in [-0.4, -0.2) is 61.1 Å². The molecule has 0 saturated heterocycles. The van der Waals surface area contributed by atoms with Crippen molar-refractivity contribution in [2.45, 2.75) is 76.6 Å². The van der Waals surface area contributed by atoms with Gasteiger partial charge in [-0.25, -0.2) is 13.2 Å². The third-order valence-corrected chi connectivity index (χ3v) is 9.68. The van der Waals surface area contributed by atoms with Gasteiger partial charge in [0.05, 0.1) is 17.0 Å². The number of aliphatic hydroxyl groups is 1. The van der Waals surface area contributed by atoms with E-state index in [2.05, 4.69) is 10.6 Å². The number of hydrogen-bond acceptors (Lipinski definition) is 6. The minimum Gasteiger partial charge on any atom is -0.445 e. The van der Waals surface area contributed by atoms with Gasteiger partial charge in [-0.05, 0) is 47.9 Å². The Bertz CT molecular complexity index is 1420. The molecule has 2 amide bonds. The average Bonchev–Trinajstić information content (AvgIpc) is 3.04. The van der Waals surface area contributed by atoms with Crippen LogP contribution in [0.4, 0.5) is 4.79 Å². The number of hydrogen-bond donors (Lipinski definition) is 3. The molecule has 9 nitrogen and oxygen atoms in total. The van der Waals surface area contributed by atoms with Gasteiger partial charge < -0.3 is 20.5 Å². The van der Waals surface area contributed by atoms with Crippen LogP contribution in [0.15, 0.2) is 95.9 Å². The molecule has 0 fully saturated rings. The lowest BCUT2D eigenvalue weighted by molar-refractivity contribution is -0.125. The Labute approximate surface area is 268 Å². The number of rotatable bonds is 17. The van der Waals surface area contributed by atoms with Crippen molar-refractivity contribution < 1.29 is 27.9 Å². The lowest BCUT2D eigenvalue weighted by Crippen LogP contribution is -2.57. The van der Waals surface area contributed by atoms with Gasteiger partial charge in [0.2, 0.25) is 15.9 Å². The van der Waals surface area contributed by atoms with E-state index in [1.165, 1.54) is 16.4 Å². The third-order valence-electron chi connectivity index (χ3n) is 7.80. The lowest BCUT2D eigenvalue weighted by atomic mass is 9.96. The van der Waals surface area contributed by atoms with Crippen molar-refractivity contribution in [3.63, 3.8) is 0 Å². The molecular formula is C35H47N3O6S. The summed E-state index contributed by atoms with van der Waals surface area (Å²) < 4.78 is 34.0. The minimum atomic E-state index is -3.92. The minimum absolute atomic E-state index is 0.0545. The molecule has 0 aliphatic rings. The Balaban J connectivity index is 1.82. The van der Waals surface area contributed by atoms with Crippen LogP contribution in [0.3, 0.4) is 0 Å². The standard InChI is InChI=1S/C35H47N3O6S/c1-5-27(4)33(37-35(41)44-25-29-17-11-7-12-18-29)34(40)36-31(23-28-15-9-6-10-16-28)32(39)24-38(22-21-26(2)3)45(42,43)30-19-13-8-14-20-30/h6-20,26-27,31-33,39H,5,21-25H2,1-4H3,(H,36,40)(H,37,41)/t27-,31-,32+,33-/m0/s1. The normalized spacial score (nSPS) is 14.4. The number of nitrogens with one attached hydrogen (secondary N) is 2. The highest BCUT2D eigenvalue weighted by Crippen LogP contribution is 2.19. The number of carbonyl (C=O) groups is 2. The molecule has 10 heteroatoms. The summed E-state index contributed by atoms with van der Waals surface area (Å²) >= 11 is 0. The number of amides is 2. The van der Waals surface area contributed by atoms with E-state index < -0.39 is 40.2 Å². The quantitative estimate of drug-likeness (QED) is 0.188. The first kappa shape index (κ1) is 35.7. The fourth-order valence-electron chi connectivity index (χ4n) is 4.81. The number of carbonyl (C=O) groups excluding carboxylic acids is 2. The Kier molecular flexibility index (Phi) is 14.0. The Morgan fingerprint density at radius 1 is 0.844 bits per heavy atom. The number of alkyl carbamates (subject to hydrolysis) is 1. The van der Waals surface area contributed by atoms with E-state index in [-0.39, 0.29) is 42.8 Å². The van der Waals surface area contributed by atoms with Crippen LogP contribution in [0, 0.1) is 11.8 Å². The van der Waals surface area contributed by atoms with Crippen molar-refractivity contribution in [1.29, 1.82) is 0 Å². The summed E-state index contributed by atoms with van der Waals surface area (Å²) in [6, 6.07) is 25.0. The van der Waals surface area contributed by atoms with Crippen molar-refractivity contribution in [3.05, 3.63) is 102 Å². The maximum atomic E-state index is 13.8. The van der Waals surface area contributed by atoms with Gasteiger partial charge in [-0.3, -0.25) is 4.79 Å². The number of nitrogens with zero attached hydrogens (tertiary/aromatic N) is 1. The zero-order valence-electron chi connectivity index (χ0n) is 26.6. The van der Waals surface area contributed by atoms with Gasteiger partial charge in [-0.15, -0.1) is 0 Å². The molecule has 3 aromatic carbocycles. The summed E-state index contributed by atoms with van der Waals surface area (Å²) in [7, 11) is -3.92. The number of ether oxygens (including phenoxy) is 1. The summed E-state index contributed by atoms with van der Waals surface area (Å²) in [6.45, 7) is 7.83. The van der Waals surface area contributed by atoms with Gasteiger partial charge in [0.15, 0.2) is 0 Å². The van der Waals surface area contributed by atoms with Gasteiger partial charge in [-0.2, -0.15) is 4.31 Å². The summed E-state index contributed by atoms with van der Waals surface area (Å²) in [6.07, 6.45) is -0.528. The van der Waals surface area contributed by atoms with Gasteiger partial charge in [-0.1, -0.05) is 113 Å². The predicted molar refractivity (Wildman–Crippen MR) is 176 cm³/mol. The number of sulfonamides is 1. The first-order valence-electron chi connectivity index (χ1n) is 15.6. The van der Waals surface area contributed by atoms with E-state index in [4.69, 9.17) is 4.74 Å². The second kappa shape index (κ2) is 17.7. The molecule has 3 N–H and O–H groups in total.